The van der Waals surface area contributed by atoms with Crippen LogP contribution in [0.3, 0.4) is 0 Å². The molecule has 0 saturated carbocycles. The lowest BCUT2D eigenvalue weighted by molar-refractivity contribution is 0.102. The van der Waals surface area contributed by atoms with Gasteiger partial charge >= 0.3 is 0 Å². The van der Waals surface area contributed by atoms with Crippen molar-refractivity contribution < 1.29 is 4.79 Å². The van der Waals surface area contributed by atoms with Crippen LogP contribution in [0.4, 0.5) is 5.69 Å². The molecule has 8 heteroatoms. The molecule has 0 unspecified atom stereocenters. The molecule has 1 aromatic carbocycles. The van der Waals surface area contributed by atoms with E-state index in [1.165, 1.54) is 0 Å². The van der Waals surface area contributed by atoms with E-state index >= 15 is 0 Å². The van der Waals surface area contributed by atoms with E-state index in [0.717, 1.165) is 56.7 Å². The number of anilines is 1. The normalized spacial score (nSPS) is 11.0. The molecule has 0 spiro atoms. The lowest BCUT2D eigenvalue weighted by Gasteiger charge is -2.05. The summed E-state index contributed by atoms with van der Waals surface area (Å²) in [6, 6.07) is 11.5. The molecule has 26 heavy (non-hydrogen) atoms. The maximum absolute atomic E-state index is 12.4. The van der Waals surface area contributed by atoms with Crippen molar-refractivity contribution in [2.75, 3.05) is 5.32 Å². The number of nitrogens with zero attached hydrogens (tertiary/aromatic N) is 4. The van der Waals surface area contributed by atoms with E-state index in [9.17, 15) is 4.79 Å². The molecule has 3 aromatic heterocycles. The number of hydrogen-bond acceptors (Lipinski definition) is 7. The Morgan fingerprint density at radius 3 is 2.81 bits per heavy atom. The van der Waals surface area contributed by atoms with Crippen LogP contribution in [0.15, 0.2) is 42.6 Å². The van der Waals surface area contributed by atoms with Crippen molar-refractivity contribution in [3.63, 3.8) is 0 Å². The number of fused-ring (bicyclic) bond motifs is 1. The lowest BCUT2D eigenvalue weighted by atomic mass is 10.2. The van der Waals surface area contributed by atoms with Gasteiger partial charge in [-0.1, -0.05) is 29.2 Å². The molecule has 0 bridgehead atoms. The van der Waals surface area contributed by atoms with Crippen molar-refractivity contribution in [2.45, 2.75) is 19.8 Å². The van der Waals surface area contributed by atoms with Crippen molar-refractivity contribution in [1.29, 1.82) is 0 Å². The first-order valence-corrected chi connectivity index (χ1v) is 9.78. The molecular formula is C18H15N5OS2. The molecular weight excluding hydrogens is 366 g/mol. The zero-order valence-corrected chi connectivity index (χ0v) is 15.6. The van der Waals surface area contributed by atoms with Crippen LogP contribution in [-0.2, 0) is 6.42 Å². The van der Waals surface area contributed by atoms with Crippen LogP contribution in [-0.4, -0.2) is 25.5 Å². The van der Waals surface area contributed by atoms with E-state index in [2.05, 4.69) is 31.8 Å². The third kappa shape index (κ3) is 3.33. The number of amides is 1. The third-order valence-corrected chi connectivity index (χ3v) is 5.60. The Labute approximate surface area is 158 Å². The van der Waals surface area contributed by atoms with E-state index in [0.29, 0.717) is 4.88 Å². The molecule has 0 saturated heterocycles. The number of aromatic nitrogens is 4. The Balaban J connectivity index is 1.52. The molecule has 0 aliphatic rings. The maximum atomic E-state index is 12.4. The molecule has 4 aromatic rings. The molecule has 0 aliphatic carbocycles. The average molecular weight is 381 g/mol. The first-order chi connectivity index (χ1) is 12.7. The zero-order valence-electron chi connectivity index (χ0n) is 14.0. The van der Waals surface area contributed by atoms with Gasteiger partial charge in [0.25, 0.3) is 5.91 Å². The highest BCUT2D eigenvalue weighted by Gasteiger charge is 2.16. The standard InChI is InChI=1S/C18H15N5OS2/c1-2-4-13-15(26-23-22-13)16(24)20-12-8-6-11(7-9-12)17-21-14-5-3-10-19-18(14)25-17/h3,5-10H,2,4H2,1H3,(H,20,24). The molecule has 0 fully saturated rings. The highest BCUT2D eigenvalue weighted by atomic mass is 32.1. The monoisotopic (exact) mass is 381 g/mol. The van der Waals surface area contributed by atoms with Crippen LogP contribution >= 0.6 is 22.9 Å². The number of hydrogen-bond donors (Lipinski definition) is 1. The zero-order chi connectivity index (χ0) is 17.9. The SMILES string of the molecule is CCCc1nnsc1C(=O)Nc1ccc(-c2nc3cccnc3s2)cc1. The number of benzene rings is 1. The Morgan fingerprint density at radius 2 is 2.04 bits per heavy atom. The quantitative estimate of drug-likeness (QED) is 0.554. The second-order valence-corrected chi connectivity index (χ2v) is 7.41. The van der Waals surface area contributed by atoms with Gasteiger partial charge in [0.1, 0.15) is 20.2 Å². The number of carbonyl (C=O) groups is 1. The summed E-state index contributed by atoms with van der Waals surface area (Å²) in [7, 11) is 0. The summed E-state index contributed by atoms with van der Waals surface area (Å²) in [5.74, 6) is -0.166. The molecule has 130 valence electrons. The van der Waals surface area contributed by atoms with Gasteiger partial charge in [0, 0.05) is 17.4 Å². The van der Waals surface area contributed by atoms with Gasteiger partial charge in [0.2, 0.25) is 0 Å². The summed E-state index contributed by atoms with van der Waals surface area (Å²) in [6.45, 7) is 2.05. The second-order valence-electron chi connectivity index (χ2n) is 5.68. The number of carbonyl (C=O) groups excluding carboxylic acids is 1. The van der Waals surface area contributed by atoms with Crippen LogP contribution < -0.4 is 5.32 Å². The first kappa shape index (κ1) is 16.7. The maximum Gasteiger partial charge on any atom is 0.269 e. The average Bonchev–Trinajstić information content (AvgIpc) is 3.29. The van der Waals surface area contributed by atoms with E-state index in [1.807, 2.05) is 36.4 Å². The van der Waals surface area contributed by atoms with Crippen molar-refractivity contribution >= 4 is 44.8 Å². The predicted octanol–water partition coefficient (Wildman–Crippen LogP) is 4.41. The molecule has 1 amide bonds. The summed E-state index contributed by atoms with van der Waals surface area (Å²) < 4.78 is 3.90. The van der Waals surface area contributed by atoms with Crippen LogP contribution in [0.25, 0.3) is 20.9 Å². The van der Waals surface area contributed by atoms with E-state index in [-0.39, 0.29) is 5.91 Å². The van der Waals surface area contributed by atoms with Gasteiger partial charge in [-0.2, -0.15) is 0 Å². The van der Waals surface area contributed by atoms with Crippen LogP contribution in [0.5, 0.6) is 0 Å². The summed E-state index contributed by atoms with van der Waals surface area (Å²) in [4.78, 5) is 22.9. The Hall–Kier alpha value is -2.71. The molecule has 0 aliphatic heterocycles. The highest BCUT2D eigenvalue weighted by Crippen LogP contribution is 2.29. The molecule has 4 rings (SSSR count). The Bertz CT molecular complexity index is 1020. The third-order valence-electron chi connectivity index (χ3n) is 3.80. The number of nitrogens with one attached hydrogen (secondary N) is 1. The van der Waals surface area contributed by atoms with Gasteiger partial charge in [-0.3, -0.25) is 4.79 Å². The molecule has 0 radical (unpaired) electrons. The summed E-state index contributed by atoms with van der Waals surface area (Å²) >= 11 is 2.68. The van der Waals surface area contributed by atoms with Crippen LogP contribution in [0.1, 0.15) is 28.7 Å². The fraction of sp³-hybridized carbons (Fsp3) is 0.167. The summed E-state index contributed by atoms with van der Waals surface area (Å²) in [5.41, 5.74) is 3.38. The van der Waals surface area contributed by atoms with Crippen LogP contribution in [0, 0.1) is 0 Å². The van der Waals surface area contributed by atoms with E-state index in [1.54, 1.807) is 17.5 Å². The van der Waals surface area contributed by atoms with Gasteiger partial charge in [-0.15, -0.1) is 5.10 Å². The topological polar surface area (TPSA) is 80.7 Å². The fourth-order valence-corrected chi connectivity index (χ4v) is 4.07. The van der Waals surface area contributed by atoms with E-state index in [4.69, 9.17) is 0 Å². The van der Waals surface area contributed by atoms with Gasteiger partial charge in [0.15, 0.2) is 0 Å². The van der Waals surface area contributed by atoms with Crippen molar-refractivity contribution in [2.24, 2.45) is 0 Å². The second kappa shape index (κ2) is 7.27. The summed E-state index contributed by atoms with van der Waals surface area (Å²) in [6.07, 6.45) is 3.45. The molecule has 3 heterocycles. The fourth-order valence-electron chi connectivity index (χ4n) is 2.56. The number of aryl methyl sites for hydroxylation is 1. The highest BCUT2D eigenvalue weighted by molar-refractivity contribution is 7.21. The van der Waals surface area contributed by atoms with Crippen molar-refractivity contribution in [1.82, 2.24) is 19.6 Å². The number of pyridine rings is 1. The van der Waals surface area contributed by atoms with Gasteiger partial charge in [-0.05, 0) is 54.4 Å². The summed E-state index contributed by atoms with van der Waals surface area (Å²) in [5, 5.41) is 7.86. The molecule has 1 N–H and O–H groups in total. The minimum atomic E-state index is -0.166. The van der Waals surface area contributed by atoms with Crippen molar-refractivity contribution in [3.05, 3.63) is 53.2 Å². The lowest BCUT2D eigenvalue weighted by Crippen LogP contribution is -2.12. The minimum Gasteiger partial charge on any atom is -0.321 e. The van der Waals surface area contributed by atoms with Gasteiger partial charge < -0.3 is 5.32 Å². The Morgan fingerprint density at radius 1 is 1.19 bits per heavy atom. The molecule has 6 nitrogen and oxygen atoms in total. The van der Waals surface area contributed by atoms with Crippen LogP contribution in [0.2, 0.25) is 0 Å². The van der Waals surface area contributed by atoms with Gasteiger partial charge in [0.05, 0.1) is 5.69 Å². The first-order valence-electron chi connectivity index (χ1n) is 8.19. The smallest absolute Gasteiger partial charge is 0.269 e. The van der Waals surface area contributed by atoms with E-state index < -0.39 is 0 Å². The number of thiazole rings is 1. The largest absolute Gasteiger partial charge is 0.321 e. The Kier molecular flexibility index (Phi) is 4.68. The minimum absolute atomic E-state index is 0.166. The van der Waals surface area contributed by atoms with Gasteiger partial charge in [-0.25, -0.2) is 9.97 Å². The predicted molar refractivity (Wildman–Crippen MR) is 105 cm³/mol. The number of rotatable bonds is 5. The molecule has 0 atom stereocenters. The van der Waals surface area contributed by atoms with Crippen molar-refractivity contribution in [3.8, 4) is 10.6 Å².